The van der Waals surface area contributed by atoms with Gasteiger partial charge in [0.2, 0.25) is 0 Å². The quantitative estimate of drug-likeness (QED) is 0.778. The summed E-state index contributed by atoms with van der Waals surface area (Å²) in [5, 5.41) is 23.2. The second-order valence-electron chi connectivity index (χ2n) is 4.92. The maximum atomic E-state index is 11.9. The molecule has 1 atom stereocenters. The third-order valence-electron chi connectivity index (χ3n) is 2.66. The Bertz CT molecular complexity index is 581. The molecule has 6 nitrogen and oxygen atoms in total. The first-order chi connectivity index (χ1) is 9.83. The fraction of sp³-hybridized carbons (Fsp3) is 0.357. The van der Waals surface area contributed by atoms with Crippen molar-refractivity contribution >= 4 is 29.3 Å². The van der Waals surface area contributed by atoms with Gasteiger partial charge in [0, 0.05) is 5.02 Å². The molecular formula is C14H16ClN3O3. The molecule has 21 heavy (non-hydrogen) atoms. The van der Waals surface area contributed by atoms with Crippen LogP contribution in [-0.4, -0.2) is 23.1 Å². The number of carbonyl (C=O) groups is 2. The first-order valence-electron chi connectivity index (χ1n) is 6.33. The van der Waals surface area contributed by atoms with E-state index in [1.165, 1.54) is 18.2 Å². The van der Waals surface area contributed by atoms with Crippen molar-refractivity contribution in [2.45, 2.75) is 26.3 Å². The van der Waals surface area contributed by atoms with E-state index >= 15 is 0 Å². The Labute approximate surface area is 127 Å². The molecule has 0 aliphatic rings. The molecule has 1 unspecified atom stereocenters. The third-order valence-corrected chi connectivity index (χ3v) is 2.90. The molecule has 1 aromatic carbocycles. The number of carbonyl (C=O) groups excluding carboxylic acids is 1. The zero-order chi connectivity index (χ0) is 16.0. The molecule has 3 N–H and O–H groups in total. The van der Waals surface area contributed by atoms with Crippen molar-refractivity contribution in [3.63, 3.8) is 0 Å². The van der Waals surface area contributed by atoms with Crippen LogP contribution in [0.2, 0.25) is 5.02 Å². The standard InChI is InChI=1S/C14H16ClN3O3/c1-8(2)5-12(13(19)20)18-14(21)17-11-6-10(15)4-3-9(11)7-16/h3-4,6,8,12H,5H2,1-2H3,(H,19,20)(H2,17,18,21). The van der Waals surface area contributed by atoms with Crippen LogP contribution < -0.4 is 10.6 Å². The van der Waals surface area contributed by atoms with Gasteiger partial charge in [-0.25, -0.2) is 9.59 Å². The van der Waals surface area contributed by atoms with Crippen LogP contribution in [0.3, 0.4) is 0 Å². The highest BCUT2D eigenvalue weighted by Crippen LogP contribution is 2.20. The van der Waals surface area contributed by atoms with Crippen LogP contribution in [0.4, 0.5) is 10.5 Å². The summed E-state index contributed by atoms with van der Waals surface area (Å²) < 4.78 is 0. The maximum absolute atomic E-state index is 11.9. The number of aliphatic carboxylic acids is 1. The Morgan fingerprint density at radius 1 is 1.43 bits per heavy atom. The lowest BCUT2D eigenvalue weighted by Crippen LogP contribution is -2.43. The summed E-state index contributed by atoms with van der Waals surface area (Å²) in [4.78, 5) is 22.9. The second-order valence-corrected chi connectivity index (χ2v) is 5.36. The predicted molar refractivity (Wildman–Crippen MR) is 79.2 cm³/mol. The van der Waals surface area contributed by atoms with Crippen molar-refractivity contribution in [3.8, 4) is 6.07 Å². The highest BCUT2D eigenvalue weighted by Gasteiger charge is 2.21. The SMILES string of the molecule is CC(C)CC(NC(=O)Nc1cc(Cl)ccc1C#N)C(=O)O. The third kappa shape index (κ3) is 5.32. The second kappa shape index (κ2) is 7.50. The van der Waals surface area contributed by atoms with Crippen LogP contribution in [-0.2, 0) is 4.79 Å². The van der Waals surface area contributed by atoms with Gasteiger partial charge in [-0.2, -0.15) is 5.26 Å². The minimum Gasteiger partial charge on any atom is -0.480 e. The van der Waals surface area contributed by atoms with E-state index < -0.39 is 18.0 Å². The molecule has 0 aromatic heterocycles. The minimum absolute atomic E-state index is 0.118. The number of carboxylic acids is 1. The van der Waals surface area contributed by atoms with Crippen molar-refractivity contribution in [1.82, 2.24) is 5.32 Å². The number of nitrogens with zero attached hydrogens (tertiary/aromatic N) is 1. The number of nitrogens with one attached hydrogen (secondary N) is 2. The minimum atomic E-state index is -1.11. The average molecular weight is 310 g/mol. The molecule has 0 radical (unpaired) electrons. The smallest absolute Gasteiger partial charge is 0.326 e. The van der Waals surface area contributed by atoms with Gasteiger partial charge in [0.25, 0.3) is 0 Å². The molecule has 2 amide bonds. The van der Waals surface area contributed by atoms with Gasteiger partial charge in [-0.15, -0.1) is 0 Å². The monoisotopic (exact) mass is 309 g/mol. The predicted octanol–water partition coefficient (Wildman–Crippen LogP) is 2.83. The van der Waals surface area contributed by atoms with Gasteiger partial charge in [-0.3, -0.25) is 0 Å². The summed E-state index contributed by atoms with van der Waals surface area (Å²) in [6.07, 6.45) is 0.309. The number of benzene rings is 1. The molecule has 0 fully saturated rings. The highest BCUT2D eigenvalue weighted by atomic mass is 35.5. The molecule has 112 valence electrons. The number of hydrogen-bond acceptors (Lipinski definition) is 3. The first-order valence-corrected chi connectivity index (χ1v) is 6.71. The molecule has 1 rings (SSSR count). The first kappa shape index (κ1) is 16.8. The highest BCUT2D eigenvalue weighted by molar-refractivity contribution is 6.31. The van der Waals surface area contributed by atoms with Gasteiger partial charge in [0.05, 0.1) is 11.3 Å². The van der Waals surface area contributed by atoms with E-state index in [9.17, 15) is 9.59 Å². The molecule has 0 spiro atoms. The summed E-state index contributed by atoms with van der Waals surface area (Å²) in [6, 6.07) is 4.67. The Hall–Kier alpha value is -2.26. The van der Waals surface area contributed by atoms with Crippen molar-refractivity contribution in [2.75, 3.05) is 5.32 Å². The van der Waals surface area contributed by atoms with E-state index in [0.29, 0.717) is 11.4 Å². The molecule has 0 saturated carbocycles. The normalized spacial score (nSPS) is 11.6. The fourth-order valence-electron chi connectivity index (χ4n) is 1.73. The molecule has 1 aromatic rings. The lowest BCUT2D eigenvalue weighted by Gasteiger charge is -2.17. The van der Waals surface area contributed by atoms with Gasteiger partial charge < -0.3 is 15.7 Å². The molecule has 0 aliphatic carbocycles. The molecule has 0 aliphatic heterocycles. The van der Waals surface area contributed by atoms with E-state index in [4.69, 9.17) is 22.0 Å². The average Bonchev–Trinajstić information content (AvgIpc) is 2.37. The lowest BCUT2D eigenvalue weighted by atomic mass is 10.0. The maximum Gasteiger partial charge on any atom is 0.326 e. The van der Waals surface area contributed by atoms with Crippen molar-refractivity contribution in [2.24, 2.45) is 5.92 Å². The van der Waals surface area contributed by atoms with Crippen molar-refractivity contribution in [1.29, 1.82) is 5.26 Å². The topological polar surface area (TPSA) is 102 Å². The van der Waals surface area contributed by atoms with Crippen LogP contribution in [0, 0.1) is 17.2 Å². The Morgan fingerprint density at radius 3 is 2.62 bits per heavy atom. The number of anilines is 1. The summed E-state index contributed by atoms with van der Waals surface area (Å²) in [7, 11) is 0. The Kier molecular flexibility index (Phi) is 6.00. The molecule has 7 heteroatoms. The summed E-state index contributed by atoms with van der Waals surface area (Å²) in [5.74, 6) is -0.988. The summed E-state index contributed by atoms with van der Waals surface area (Å²) in [6.45, 7) is 3.72. The largest absolute Gasteiger partial charge is 0.480 e. The number of carboxylic acid groups (broad SMARTS) is 1. The summed E-state index contributed by atoms with van der Waals surface area (Å²) in [5.41, 5.74) is 0.474. The zero-order valence-corrected chi connectivity index (χ0v) is 12.4. The van der Waals surface area contributed by atoms with Gasteiger partial charge in [-0.1, -0.05) is 25.4 Å². The fourth-order valence-corrected chi connectivity index (χ4v) is 1.90. The van der Waals surface area contributed by atoms with Crippen LogP contribution in [0.5, 0.6) is 0 Å². The van der Waals surface area contributed by atoms with Crippen molar-refractivity contribution in [3.05, 3.63) is 28.8 Å². The van der Waals surface area contributed by atoms with Crippen LogP contribution in [0.1, 0.15) is 25.8 Å². The zero-order valence-electron chi connectivity index (χ0n) is 11.7. The molecule has 0 saturated heterocycles. The molecular weight excluding hydrogens is 294 g/mol. The van der Waals surface area contributed by atoms with Crippen LogP contribution in [0.15, 0.2) is 18.2 Å². The van der Waals surface area contributed by atoms with Gasteiger partial charge >= 0.3 is 12.0 Å². The van der Waals surface area contributed by atoms with Gasteiger partial charge in [0.1, 0.15) is 12.1 Å². The number of nitriles is 1. The van der Waals surface area contributed by atoms with Crippen molar-refractivity contribution < 1.29 is 14.7 Å². The number of urea groups is 1. The lowest BCUT2D eigenvalue weighted by molar-refractivity contribution is -0.139. The molecule has 0 heterocycles. The Balaban J connectivity index is 2.79. The van der Waals surface area contributed by atoms with E-state index in [-0.39, 0.29) is 17.2 Å². The number of hydrogen-bond donors (Lipinski definition) is 3. The van der Waals surface area contributed by atoms with Gasteiger partial charge in [0.15, 0.2) is 0 Å². The van der Waals surface area contributed by atoms with E-state index in [0.717, 1.165) is 0 Å². The number of rotatable bonds is 5. The van der Waals surface area contributed by atoms with Gasteiger partial charge in [-0.05, 0) is 30.5 Å². The van der Waals surface area contributed by atoms with Crippen LogP contribution >= 0.6 is 11.6 Å². The van der Waals surface area contributed by atoms with Crippen LogP contribution in [0.25, 0.3) is 0 Å². The number of halogens is 1. The Morgan fingerprint density at radius 2 is 2.10 bits per heavy atom. The van der Waals surface area contributed by atoms with E-state index in [2.05, 4.69) is 10.6 Å². The molecule has 0 bridgehead atoms. The van der Waals surface area contributed by atoms with E-state index in [1.54, 1.807) is 0 Å². The summed E-state index contributed by atoms with van der Waals surface area (Å²) >= 11 is 5.81. The van der Waals surface area contributed by atoms with E-state index in [1.807, 2.05) is 19.9 Å². The number of amides is 2.